The maximum absolute atomic E-state index is 12.6. The number of hydrogen-bond donors (Lipinski definition) is 1. The molecular weight excluding hydrogens is 274 g/mol. The molecule has 0 saturated carbocycles. The summed E-state index contributed by atoms with van der Waals surface area (Å²) in [6, 6.07) is 6.34. The van der Waals surface area contributed by atoms with Gasteiger partial charge in [-0.1, -0.05) is 6.07 Å². The molecule has 0 radical (unpaired) electrons. The third kappa shape index (κ3) is 2.60. The number of aromatic carboxylic acids is 1. The van der Waals surface area contributed by atoms with Crippen molar-refractivity contribution in [2.75, 3.05) is 14.2 Å². The Morgan fingerprint density at radius 3 is 2.14 bits per heavy atom. The largest absolute Gasteiger partial charge is 0.496 e. The zero-order valence-corrected chi connectivity index (χ0v) is 11.9. The Balaban J connectivity index is 2.54. The van der Waals surface area contributed by atoms with Gasteiger partial charge in [0.1, 0.15) is 22.8 Å². The molecule has 1 aromatic carbocycles. The lowest BCUT2D eigenvalue weighted by Gasteiger charge is -2.11. The summed E-state index contributed by atoms with van der Waals surface area (Å²) in [5, 5.41) is 9.05. The summed E-state index contributed by atoms with van der Waals surface area (Å²) in [6.45, 7) is 0. The minimum atomic E-state index is -1.09. The van der Waals surface area contributed by atoms with Crippen LogP contribution >= 0.6 is 0 Å². The van der Waals surface area contributed by atoms with E-state index >= 15 is 0 Å². The molecule has 1 N–H and O–H groups in total. The molecule has 0 saturated heterocycles. The van der Waals surface area contributed by atoms with Gasteiger partial charge in [-0.25, -0.2) is 4.79 Å². The molecule has 0 bridgehead atoms. The average Bonchev–Trinajstić information content (AvgIpc) is 2.87. The summed E-state index contributed by atoms with van der Waals surface area (Å²) in [5.74, 6) is -0.698. The maximum Gasteiger partial charge on any atom is 0.352 e. The molecule has 6 heteroatoms. The van der Waals surface area contributed by atoms with E-state index in [9.17, 15) is 9.59 Å². The predicted molar refractivity (Wildman–Crippen MR) is 75.4 cm³/mol. The Kier molecular flexibility index (Phi) is 3.98. The fourth-order valence-electron chi connectivity index (χ4n) is 2.12. The lowest BCUT2D eigenvalue weighted by atomic mass is 10.0. The highest BCUT2D eigenvalue weighted by atomic mass is 16.5. The number of benzene rings is 1. The predicted octanol–water partition coefficient (Wildman–Crippen LogP) is 1.97. The van der Waals surface area contributed by atoms with Crippen molar-refractivity contribution in [3.63, 3.8) is 0 Å². The molecule has 6 nitrogen and oxygen atoms in total. The number of carboxylic acid groups (broad SMARTS) is 1. The topological polar surface area (TPSA) is 77.8 Å². The number of aryl methyl sites for hydroxylation is 1. The second kappa shape index (κ2) is 5.70. The molecule has 0 aliphatic carbocycles. The van der Waals surface area contributed by atoms with E-state index in [1.807, 2.05) is 0 Å². The van der Waals surface area contributed by atoms with E-state index in [0.717, 1.165) is 0 Å². The number of rotatable bonds is 5. The minimum absolute atomic E-state index is 0.0345. The van der Waals surface area contributed by atoms with E-state index in [4.69, 9.17) is 14.6 Å². The second-order valence-electron chi connectivity index (χ2n) is 4.40. The quantitative estimate of drug-likeness (QED) is 0.851. The Morgan fingerprint density at radius 1 is 1.14 bits per heavy atom. The number of carboxylic acids is 1. The molecule has 1 aromatic heterocycles. The third-order valence-electron chi connectivity index (χ3n) is 3.14. The van der Waals surface area contributed by atoms with Crippen LogP contribution in [0.4, 0.5) is 0 Å². The molecule has 21 heavy (non-hydrogen) atoms. The monoisotopic (exact) mass is 289 g/mol. The molecule has 0 unspecified atom stereocenters. The lowest BCUT2D eigenvalue weighted by molar-refractivity contribution is 0.0686. The lowest BCUT2D eigenvalue weighted by Crippen LogP contribution is -2.05. The normalized spacial score (nSPS) is 10.2. The van der Waals surface area contributed by atoms with Crippen LogP contribution < -0.4 is 9.47 Å². The van der Waals surface area contributed by atoms with Crippen LogP contribution in [0, 0.1) is 0 Å². The summed E-state index contributed by atoms with van der Waals surface area (Å²) in [5.41, 5.74) is 0.565. The van der Waals surface area contributed by atoms with Gasteiger partial charge < -0.3 is 19.1 Å². The van der Waals surface area contributed by atoms with Crippen LogP contribution in [0.1, 0.15) is 26.4 Å². The van der Waals surface area contributed by atoms with Gasteiger partial charge in [-0.3, -0.25) is 4.79 Å². The first kappa shape index (κ1) is 14.6. The van der Waals surface area contributed by atoms with Gasteiger partial charge in [-0.15, -0.1) is 0 Å². The van der Waals surface area contributed by atoms with Crippen LogP contribution in [0.2, 0.25) is 0 Å². The number of methoxy groups -OCH3 is 2. The summed E-state index contributed by atoms with van der Waals surface area (Å²) in [7, 11) is 4.48. The van der Waals surface area contributed by atoms with Crippen LogP contribution in [0.3, 0.4) is 0 Å². The summed E-state index contributed by atoms with van der Waals surface area (Å²) < 4.78 is 11.8. The van der Waals surface area contributed by atoms with Crippen molar-refractivity contribution in [2.45, 2.75) is 0 Å². The van der Waals surface area contributed by atoms with Gasteiger partial charge in [0.05, 0.1) is 14.2 Å². The Morgan fingerprint density at radius 2 is 1.71 bits per heavy atom. The molecule has 0 fully saturated rings. The highest BCUT2D eigenvalue weighted by Crippen LogP contribution is 2.30. The van der Waals surface area contributed by atoms with Crippen LogP contribution in [0.25, 0.3) is 0 Å². The van der Waals surface area contributed by atoms with Crippen molar-refractivity contribution in [1.82, 2.24) is 4.57 Å². The smallest absolute Gasteiger partial charge is 0.352 e. The van der Waals surface area contributed by atoms with E-state index in [-0.39, 0.29) is 22.6 Å². The van der Waals surface area contributed by atoms with E-state index in [2.05, 4.69) is 0 Å². The van der Waals surface area contributed by atoms with Gasteiger partial charge >= 0.3 is 5.97 Å². The Labute approximate surface area is 121 Å². The molecule has 2 aromatic rings. The molecule has 2 rings (SSSR count). The Hall–Kier alpha value is -2.76. The minimum Gasteiger partial charge on any atom is -0.496 e. The zero-order chi connectivity index (χ0) is 15.6. The first-order chi connectivity index (χ1) is 9.99. The number of aromatic nitrogens is 1. The van der Waals surface area contributed by atoms with Gasteiger partial charge in [-0.05, 0) is 18.2 Å². The highest BCUT2D eigenvalue weighted by Gasteiger charge is 2.22. The highest BCUT2D eigenvalue weighted by molar-refractivity contribution is 6.13. The number of ketones is 1. The van der Waals surface area contributed by atoms with Crippen molar-refractivity contribution >= 4 is 11.8 Å². The number of carbonyl (C=O) groups is 2. The van der Waals surface area contributed by atoms with Crippen molar-refractivity contribution in [1.29, 1.82) is 0 Å². The number of ether oxygens (including phenoxy) is 2. The van der Waals surface area contributed by atoms with Crippen LogP contribution in [0.15, 0.2) is 30.5 Å². The molecule has 0 atom stereocenters. The van der Waals surface area contributed by atoms with Gasteiger partial charge in [0.25, 0.3) is 0 Å². The van der Waals surface area contributed by atoms with Crippen molar-refractivity contribution < 1.29 is 24.2 Å². The van der Waals surface area contributed by atoms with Gasteiger partial charge in [0, 0.05) is 18.8 Å². The third-order valence-corrected chi connectivity index (χ3v) is 3.14. The summed E-state index contributed by atoms with van der Waals surface area (Å²) in [4.78, 5) is 23.7. The number of hydrogen-bond acceptors (Lipinski definition) is 4. The molecule has 1 heterocycles. The zero-order valence-electron chi connectivity index (χ0n) is 11.9. The molecular formula is C15H15NO5. The molecule has 110 valence electrons. The van der Waals surface area contributed by atoms with Crippen molar-refractivity contribution in [3.05, 3.63) is 47.3 Å². The van der Waals surface area contributed by atoms with Crippen molar-refractivity contribution in [3.8, 4) is 11.5 Å². The standard InChI is InChI=1S/C15H15NO5/c1-16-8-9(7-10(16)15(18)19)14(17)13-11(20-2)5-4-6-12(13)21-3/h4-8H,1-3H3,(H,18,19). The first-order valence-electron chi connectivity index (χ1n) is 6.15. The second-order valence-corrected chi connectivity index (χ2v) is 4.40. The molecule has 0 aliphatic rings. The van der Waals surface area contributed by atoms with Gasteiger partial charge in [0.2, 0.25) is 5.78 Å². The van der Waals surface area contributed by atoms with Crippen LogP contribution in [-0.4, -0.2) is 35.6 Å². The maximum atomic E-state index is 12.6. The first-order valence-corrected chi connectivity index (χ1v) is 6.15. The molecule has 0 spiro atoms. The molecule has 0 aliphatic heterocycles. The Bertz CT molecular complexity index is 680. The van der Waals surface area contributed by atoms with Crippen molar-refractivity contribution in [2.24, 2.45) is 7.05 Å². The fraction of sp³-hybridized carbons (Fsp3) is 0.200. The van der Waals surface area contributed by atoms with Gasteiger partial charge in [-0.2, -0.15) is 0 Å². The number of nitrogens with zero attached hydrogens (tertiary/aromatic N) is 1. The van der Waals surface area contributed by atoms with Crippen LogP contribution in [0.5, 0.6) is 11.5 Å². The van der Waals surface area contributed by atoms with E-state index < -0.39 is 5.97 Å². The van der Waals surface area contributed by atoms with Gasteiger partial charge in [0.15, 0.2) is 0 Å². The van der Waals surface area contributed by atoms with E-state index in [0.29, 0.717) is 11.5 Å². The fourth-order valence-corrected chi connectivity index (χ4v) is 2.12. The van der Waals surface area contributed by atoms with E-state index in [1.54, 1.807) is 25.2 Å². The number of carbonyl (C=O) groups excluding carboxylic acids is 1. The average molecular weight is 289 g/mol. The SMILES string of the molecule is COc1cccc(OC)c1C(=O)c1cc(C(=O)O)n(C)c1. The van der Waals surface area contributed by atoms with E-state index in [1.165, 1.54) is 31.0 Å². The summed E-state index contributed by atoms with van der Waals surface area (Å²) >= 11 is 0. The summed E-state index contributed by atoms with van der Waals surface area (Å²) in [6.07, 6.45) is 1.47. The van der Waals surface area contributed by atoms with Crippen LogP contribution in [-0.2, 0) is 7.05 Å². The molecule has 0 amide bonds.